The van der Waals surface area contributed by atoms with Crippen LogP contribution < -0.4 is 0 Å². The molecule has 1 N–H and O–H groups in total. The van der Waals surface area contributed by atoms with E-state index in [1.54, 1.807) is 11.8 Å². The van der Waals surface area contributed by atoms with Gasteiger partial charge in [0.25, 0.3) is 0 Å². The zero-order valence-electron chi connectivity index (χ0n) is 11.4. The van der Waals surface area contributed by atoms with Crippen molar-refractivity contribution in [2.24, 2.45) is 0 Å². The van der Waals surface area contributed by atoms with Crippen molar-refractivity contribution < 1.29 is 5.11 Å². The van der Waals surface area contributed by atoms with Gasteiger partial charge in [0.05, 0.1) is 6.10 Å². The molecule has 0 amide bonds. The standard InChI is InChI=1S/C16H20OS2/c1-3-14-8-9-15(19-14)10-13(17)11-18-16-7-5-4-6-12(16)2/h4-9,13,17H,3,10-11H2,1-2H3. The highest BCUT2D eigenvalue weighted by atomic mass is 32.2. The summed E-state index contributed by atoms with van der Waals surface area (Å²) in [6, 6.07) is 12.6. The summed E-state index contributed by atoms with van der Waals surface area (Å²) >= 11 is 3.56. The molecule has 0 saturated heterocycles. The first-order valence-electron chi connectivity index (χ1n) is 6.63. The number of aliphatic hydroxyl groups is 1. The Balaban J connectivity index is 1.84. The minimum atomic E-state index is -0.270. The van der Waals surface area contributed by atoms with Crippen molar-refractivity contribution in [3.63, 3.8) is 0 Å². The summed E-state index contributed by atoms with van der Waals surface area (Å²) in [6.45, 7) is 4.28. The fourth-order valence-electron chi connectivity index (χ4n) is 1.92. The molecule has 1 unspecified atom stereocenters. The number of thiophene rings is 1. The number of hydrogen-bond acceptors (Lipinski definition) is 3. The van der Waals surface area contributed by atoms with E-state index in [1.807, 2.05) is 17.4 Å². The van der Waals surface area contributed by atoms with Crippen LogP contribution in [0, 0.1) is 6.92 Å². The van der Waals surface area contributed by atoms with Gasteiger partial charge in [0.1, 0.15) is 0 Å². The SMILES string of the molecule is CCc1ccc(CC(O)CSc2ccccc2C)s1. The Labute approximate surface area is 123 Å². The molecule has 0 radical (unpaired) electrons. The molecule has 2 rings (SSSR count). The number of thioether (sulfide) groups is 1. The molecule has 0 saturated carbocycles. The molecule has 0 bridgehead atoms. The van der Waals surface area contributed by atoms with Gasteiger partial charge < -0.3 is 5.11 Å². The summed E-state index contributed by atoms with van der Waals surface area (Å²) in [4.78, 5) is 3.95. The molecule has 0 aliphatic carbocycles. The summed E-state index contributed by atoms with van der Waals surface area (Å²) in [6.07, 6.45) is 1.58. The normalized spacial score (nSPS) is 12.6. The van der Waals surface area contributed by atoms with E-state index in [0.717, 1.165) is 18.6 Å². The van der Waals surface area contributed by atoms with Gasteiger partial charge in [0, 0.05) is 26.8 Å². The molecular weight excluding hydrogens is 272 g/mol. The summed E-state index contributed by atoms with van der Waals surface area (Å²) in [5, 5.41) is 10.1. The predicted molar refractivity (Wildman–Crippen MR) is 85.3 cm³/mol. The van der Waals surface area contributed by atoms with Gasteiger partial charge in [-0.3, -0.25) is 0 Å². The Morgan fingerprint density at radius 3 is 2.58 bits per heavy atom. The molecule has 0 aliphatic rings. The van der Waals surface area contributed by atoms with Crippen LogP contribution in [0.1, 0.15) is 22.2 Å². The average molecular weight is 292 g/mol. The maximum atomic E-state index is 10.1. The van der Waals surface area contributed by atoms with Crippen LogP contribution in [0.15, 0.2) is 41.3 Å². The molecule has 1 atom stereocenters. The second-order valence-corrected chi connectivity index (χ2v) is 6.97. The van der Waals surface area contributed by atoms with Crippen molar-refractivity contribution in [2.45, 2.75) is 37.7 Å². The van der Waals surface area contributed by atoms with Gasteiger partial charge in [-0.2, -0.15) is 0 Å². The van der Waals surface area contributed by atoms with Crippen molar-refractivity contribution >= 4 is 23.1 Å². The van der Waals surface area contributed by atoms with Crippen LogP contribution in [0.5, 0.6) is 0 Å². The molecular formula is C16H20OS2. The lowest BCUT2D eigenvalue weighted by atomic mass is 10.2. The molecule has 0 fully saturated rings. The second-order valence-electron chi connectivity index (χ2n) is 4.66. The number of rotatable bonds is 6. The van der Waals surface area contributed by atoms with E-state index in [-0.39, 0.29) is 6.10 Å². The lowest BCUT2D eigenvalue weighted by Crippen LogP contribution is -2.12. The minimum Gasteiger partial charge on any atom is -0.392 e. The van der Waals surface area contributed by atoms with Gasteiger partial charge >= 0.3 is 0 Å². The molecule has 0 spiro atoms. The van der Waals surface area contributed by atoms with Crippen LogP contribution in [0.25, 0.3) is 0 Å². The number of benzene rings is 1. The topological polar surface area (TPSA) is 20.2 Å². The molecule has 19 heavy (non-hydrogen) atoms. The Morgan fingerprint density at radius 1 is 1.16 bits per heavy atom. The third kappa shape index (κ3) is 4.37. The van der Waals surface area contributed by atoms with Gasteiger partial charge in [0.15, 0.2) is 0 Å². The molecule has 3 heteroatoms. The first-order valence-corrected chi connectivity index (χ1v) is 8.43. The third-order valence-corrected chi connectivity index (χ3v) is 5.60. The lowest BCUT2D eigenvalue weighted by Gasteiger charge is -2.10. The number of hydrogen-bond donors (Lipinski definition) is 1. The van der Waals surface area contributed by atoms with E-state index >= 15 is 0 Å². The maximum absolute atomic E-state index is 10.1. The van der Waals surface area contributed by atoms with Crippen molar-refractivity contribution in [3.8, 4) is 0 Å². The van der Waals surface area contributed by atoms with Crippen molar-refractivity contribution in [3.05, 3.63) is 51.7 Å². The van der Waals surface area contributed by atoms with Crippen LogP contribution in [0.3, 0.4) is 0 Å². The lowest BCUT2D eigenvalue weighted by molar-refractivity contribution is 0.201. The fraction of sp³-hybridized carbons (Fsp3) is 0.375. The second kappa shape index (κ2) is 7.13. The van der Waals surface area contributed by atoms with E-state index in [2.05, 4.69) is 44.2 Å². The van der Waals surface area contributed by atoms with Crippen LogP contribution in [0.4, 0.5) is 0 Å². The number of aryl methyl sites for hydroxylation is 2. The van der Waals surface area contributed by atoms with Crippen molar-refractivity contribution in [1.82, 2.24) is 0 Å². The summed E-state index contributed by atoms with van der Waals surface area (Å²) < 4.78 is 0. The first kappa shape index (κ1) is 14.6. The van der Waals surface area contributed by atoms with Crippen LogP contribution in [-0.4, -0.2) is 17.0 Å². The van der Waals surface area contributed by atoms with Crippen LogP contribution in [-0.2, 0) is 12.8 Å². The van der Waals surface area contributed by atoms with Gasteiger partial charge in [-0.25, -0.2) is 0 Å². The van der Waals surface area contributed by atoms with Gasteiger partial charge in [-0.05, 0) is 37.1 Å². The highest BCUT2D eigenvalue weighted by Crippen LogP contribution is 2.24. The minimum absolute atomic E-state index is 0.270. The largest absolute Gasteiger partial charge is 0.392 e. The predicted octanol–water partition coefficient (Wildman–Crippen LogP) is 4.31. The van der Waals surface area contributed by atoms with E-state index < -0.39 is 0 Å². The Morgan fingerprint density at radius 2 is 1.89 bits per heavy atom. The zero-order valence-corrected chi connectivity index (χ0v) is 13.1. The van der Waals surface area contributed by atoms with E-state index in [0.29, 0.717) is 0 Å². The average Bonchev–Trinajstić information content (AvgIpc) is 2.85. The Kier molecular flexibility index (Phi) is 5.49. The summed E-state index contributed by atoms with van der Waals surface area (Å²) in [5.74, 6) is 0.754. The van der Waals surface area contributed by atoms with E-state index in [1.165, 1.54) is 20.2 Å². The van der Waals surface area contributed by atoms with Gasteiger partial charge in [-0.15, -0.1) is 23.1 Å². The summed E-state index contributed by atoms with van der Waals surface area (Å²) in [5.41, 5.74) is 1.28. The molecule has 2 aromatic rings. The smallest absolute Gasteiger partial charge is 0.0682 e. The van der Waals surface area contributed by atoms with Crippen LogP contribution in [0.2, 0.25) is 0 Å². The van der Waals surface area contributed by atoms with Crippen molar-refractivity contribution in [1.29, 1.82) is 0 Å². The van der Waals surface area contributed by atoms with Gasteiger partial charge in [-0.1, -0.05) is 25.1 Å². The van der Waals surface area contributed by atoms with E-state index in [9.17, 15) is 5.11 Å². The quantitative estimate of drug-likeness (QED) is 0.800. The molecule has 1 heterocycles. The highest BCUT2D eigenvalue weighted by molar-refractivity contribution is 7.99. The maximum Gasteiger partial charge on any atom is 0.0682 e. The monoisotopic (exact) mass is 292 g/mol. The molecule has 0 aliphatic heterocycles. The zero-order chi connectivity index (χ0) is 13.7. The molecule has 1 aromatic carbocycles. The van der Waals surface area contributed by atoms with Crippen LogP contribution >= 0.6 is 23.1 Å². The summed E-state index contributed by atoms with van der Waals surface area (Å²) in [7, 11) is 0. The third-order valence-electron chi connectivity index (χ3n) is 3.03. The first-order chi connectivity index (χ1) is 9.19. The molecule has 102 valence electrons. The fourth-order valence-corrected chi connectivity index (χ4v) is 3.91. The highest BCUT2D eigenvalue weighted by Gasteiger charge is 2.09. The Bertz CT molecular complexity index is 519. The van der Waals surface area contributed by atoms with Crippen molar-refractivity contribution in [2.75, 3.05) is 5.75 Å². The van der Waals surface area contributed by atoms with E-state index in [4.69, 9.17) is 0 Å². The number of aliphatic hydroxyl groups excluding tert-OH is 1. The molecule has 1 nitrogen and oxygen atoms in total. The Hall–Kier alpha value is -0.770. The van der Waals surface area contributed by atoms with Gasteiger partial charge in [0.2, 0.25) is 0 Å². The molecule has 1 aromatic heterocycles.